The Morgan fingerprint density at radius 3 is 2.33 bits per heavy atom. The fraction of sp³-hybridized carbons (Fsp3) is 0.611. The Balaban J connectivity index is 1.70. The van der Waals surface area contributed by atoms with Crippen molar-refractivity contribution in [1.82, 2.24) is 0 Å². The van der Waals surface area contributed by atoms with Gasteiger partial charge in [-0.2, -0.15) is 0 Å². The molecule has 0 atom stereocenters. The molecule has 0 unspecified atom stereocenters. The molecule has 1 aliphatic heterocycles. The highest BCUT2D eigenvalue weighted by Gasteiger charge is 2.35. The van der Waals surface area contributed by atoms with Gasteiger partial charge in [-0.05, 0) is 61.8 Å². The summed E-state index contributed by atoms with van der Waals surface area (Å²) in [5, 5.41) is 9.06. The van der Waals surface area contributed by atoms with Gasteiger partial charge in [0, 0.05) is 18.8 Å². The van der Waals surface area contributed by atoms with Crippen molar-refractivity contribution in [1.29, 1.82) is 0 Å². The third-order valence-electron chi connectivity index (χ3n) is 5.52. The quantitative estimate of drug-likeness (QED) is 0.884. The minimum Gasteiger partial charge on any atom is -0.478 e. The molecule has 21 heavy (non-hydrogen) atoms. The van der Waals surface area contributed by atoms with Gasteiger partial charge in [-0.15, -0.1) is 0 Å². The number of hydrogen-bond donors (Lipinski definition) is 1. The molecule has 0 bridgehead atoms. The number of hydrogen-bond acceptors (Lipinski definition) is 2. The van der Waals surface area contributed by atoms with Gasteiger partial charge in [0.2, 0.25) is 0 Å². The largest absolute Gasteiger partial charge is 0.478 e. The van der Waals surface area contributed by atoms with Crippen LogP contribution in [0, 0.1) is 12.3 Å². The van der Waals surface area contributed by atoms with E-state index in [1.54, 1.807) is 12.1 Å². The van der Waals surface area contributed by atoms with Crippen molar-refractivity contribution in [3.63, 3.8) is 0 Å². The molecule has 2 fully saturated rings. The van der Waals surface area contributed by atoms with E-state index < -0.39 is 5.97 Å². The molecule has 1 N–H and O–H groups in total. The molecule has 0 aromatic heterocycles. The highest BCUT2D eigenvalue weighted by Crippen LogP contribution is 2.45. The average Bonchev–Trinajstić information content (AvgIpc) is 2.49. The molecule has 3 heteroatoms. The SMILES string of the molecule is Cc1cc(C(=O)O)ccc1N1CCC2(CCCCC2)CC1. The number of piperidine rings is 1. The molecule has 1 saturated carbocycles. The number of carboxylic acid groups (broad SMARTS) is 1. The second-order valence-corrected chi connectivity index (χ2v) is 6.85. The summed E-state index contributed by atoms with van der Waals surface area (Å²) in [6, 6.07) is 5.51. The molecule has 1 aromatic carbocycles. The number of benzene rings is 1. The van der Waals surface area contributed by atoms with E-state index in [1.807, 2.05) is 13.0 Å². The van der Waals surface area contributed by atoms with Crippen LogP contribution in [0.1, 0.15) is 60.9 Å². The first kappa shape index (κ1) is 14.4. The van der Waals surface area contributed by atoms with Crippen LogP contribution in [0.15, 0.2) is 18.2 Å². The lowest BCUT2D eigenvalue weighted by Gasteiger charge is -2.45. The van der Waals surface area contributed by atoms with Crippen LogP contribution in [0.2, 0.25) is 0 Å². The highest BCUT2D eigenvalue weighted by molar-refractivity contribution is 5.88. The first-order valence-electron chi connectivity index (χ1n) is 8.19. The average molecular weight is 287 g/mol. The Kier molecular flexibility index (Phi) is 3.92. The number of rotatable bonds is 2. The second-order valence-electron chi connectivity index (χ2n) is 6.85. The van der Waals surface area contributed by atoms with E-state index in [1.165, 1.54) is 50.6 Å². The maximum atomic E-state index is 11.0. The Hall–Kier alpha value is -1.51. The summed E-state index contributed by atoms with van der Waals surface area (Å²) >= 11 is 0. The first-order chi connectivity index (χ1) is 10.1. The van der Waals surface area contributed by atoms with Crippen LogP contribution < -0.4 is 4.90 Å². The second kappa shape index (κ2) is 5.70. The van der Waals surface area contributed by atoms with E-state index in [0.29, 0.717) is 11.0 Å². The van der Waals surface area contributed by atoms with Crippen molar-refractivity contribution in [2.75, 3.05) is 18.0 Å². The zero-order valence-corrected chi connectivity index (χ0v) is 12.9. The van der Waals surface area contributed by atoms with E-state index in [-0.39, 0.29) is 0 Å². The minimum atomic E-state index is -0.843. The van der Waals surface area contributed by atoms with Gasteiger partial charge in [0.1, 0.15) is 0 Å². The van der Waals surface area contributed by atoms with Crippen LogP contribution in [0.5, 0.6) is 0 Å². The van der Waals surface area contributed by atoms with Crippen molar-refractivity contribution in [2.45, 2.75) is 51.9 Å². The maximum absolute atomic E-state index is 11.0. The Morgan fingerprint density at radius 2 is 1.76 bits per heavy atom. The van der Waals surface area contributed by atoms with Crippen molar-refractivity contribution in [2.24, 2.45) is 5.41 Å². The first-order valence-corrected chi connectivity index (χ1v) is 8.19. The molecule has 0 amide bonds. The van der Waals surface area contributed by atoms with Crippen LogP contribution in [-0.4, -0.2) is 24.2 Å². The monoisotopic (exact) mass is 287 g/mol. The van der Waals surface area contributed by atoms with E-state index >= 15 is 0 Å². The fourth-order valence-electron chi connectivity index (χ4n) is 4.17. The van der Waals surface area contributed by atoms with Crippen LogP contribution in [-0.2, 0) is 0 Å². The molecule has 2 aliphatic rings. The van der Waals surface area contributed by atoms with Gasteiger partial charge < -0.3 is 10.0 Å². The number of carboxylic acids is 1. The van der Waals surface area contributed by atoms with Crippen molar-refractivity contribution < 1.29 is 9.90 Å². The lowest BCUT2D eigenvalue weighted by Crippen LogP contribution is -2.41. The summed E-state index contributed by atoms with van der Waals surface area (Å²) in [5.41, 5.74) is 3.29. The van der Waals surface area contributed by atoms with E-state index in [4.69, 9.17) is 5.11 Å². The molecule has 1 spiro atoms. The Morgan fingerprint density at radius 1 is 1.10 bits per heavy atom. The standard InChI is InChI=1S/C18H25NO2/c1-14-13-15(17(20)21)5-6-16(14)19-11-9-18(10-12-19)7-3-2-4-8-18/h5-6,13H,2-4,7-12H2,1H3,(H,20,21). The lowest BCUT2D eigenvalue weighted by atomic mass is 9.68. The Bertz CT molecular complexity index is 522. The van der Waals surface area contributed by atoms with Crippen LogP contribution in [0.25, 0.3) is 0 Å². The molecule has 0 radical (unpaired) electrons. The highest BCUT2D eigenvalue weighted by atomic mass is 16.4. The summed E-state index contributed by atoms with van der Waals surface area (Å²) < 4.78 is 0. The molecular formula is C18H25NO2. The predicted octanol–water partition coefficient (Wildman–Crippen LogP) is 4.24. The van der Waals surface area contributed by atoms with Gasteiger partial charge in [-0.25, -0.2) is 4.79 Å². The van der Waals surface area contributed by atoms with Gasteiger partial charge >= 0.3 is 5.97 Å². The van der Waals surface area contributed by atoms with E-state index in [2.05, 4.69) is 4.90 Å². The molecule has 3 nitrogen and oxygen atoms in total. The summed E-state index contributed by atoms with van der Waals surface area (Å²) in [4.78, 5) is 13.5. The van der Waals surface area contributed by atoms with Gasteiger partial charge in [0.05, 0.1) is 5.56 Å². The smallest absolute Gasteiger partial charge is 0.335 e. The van der Waals surface area contributed by atoms with Crippen LogP contribution in [0.3, 0.4) is 0 Å². The van der Waals surface area contributed by atoms with Crippen LogP contribution >= 0.6 is 0 Å². The van der Waals surface area contributed by atoms with E-state index in [9.17, 15) is 4.79 Å². The molecular weight excluding hydrogens is 262 g/mol. The third kappa shape index (κ3) is 2.92. The molecule has 1 saturated heterocycles. The molecule has 1 aromatic rings. The van der Waals surface area contributed by atoms with Crippen LogP contribution in [0.4, 0.5) is 5.69 Å². The number of nitrogens with zero attached hydrogens (tertiary/aromatic N) is 1. The van der Waals surface area contributed by atoms with Crippen molar-refractivity contribution >= 4 is 11.7 Å². The summed E-state index contributed by atoms with van der Waals surface area (Å²) in [6.45, 7) is 4.26. The number of aryl methyl sites for hydroxylation is 1. The summed E-state index contributed by atoms with van der Waals surface area (Å²) in [6.07, 6.45) is 9.66. The Labute approximate surface area is 127 Å². The summed E-state index contributed by atoms with van der Waals surface area (Å²) in [7, 11) is 0. The van der Waals surface area contributed by atoms with Gasteiger partial charge in [-0.3, -0.25) is 0 Å². The normalized spacial score (nSPS) is 21.5. The number of aromatic carboxylic acids is 1. The van der Waals surface area contributed by atoms with Gasteiger partial charge in [-0.1, -0.05) is 19.3 Å². The van der Waals surface area contributed by atoms with Gasteiger partial charge in [0.25, 0.3) is 0 Å². The summed E-state index contributed by atoms with van der Waals surface area (Å²) in [5.74, 6) is -0.843. The molecule has 3 rings (SSSR count). The zero-order valence-electron chi connectivity index (χ0n) is 12.9. The van der Waals surface area contributed by atoms with Crippen molar-refractivity contribution in [3.05, 3.63) is 29.3 Å². The molecule has 1 heterocycles. The number of carbonyl (C=O) groups is 1. The van der Waals surface area contributed by atoms with Crippen molar-refractivity contribution in [3.8, 4) is 0 Å². The number of anilines is 1. The lowest BCUT2D eigenvalue weighted by molar-refractivity contribution is 0.0697. The minimum absolute atomic E-state index is 0.386. The predicted molar refractivity (Wildman–Crippen MR) is 85.1 cm³/mol. The third-order valence-corrected chi connectivity index (χ3v) is 5.52. The maximum Gasteiger partial charge on any atom is 0.335 e. The molecule has 1 aliphatic carbocycles. The fourth-order valence-corrected chi connectivity index (χ4v) is 4.17. The topological polar surface area (TPSA) is 40.5 Å². The van der Waals surface area contributed by atoms with E-state index in [0.717, 1.165) is 18.7 Å². The molecule has 114 valence electrons. The van der Waals surface area contributed by atoms with Gasteiger partial charge in [0.15, 0.2) is 0 Å². The zero-order chi connectivity index (χ0) is 14.9.